The van der Waals surface area contributed by atoms with Crippen molar-refractivity contribution in [1.82, 2.24) is 10.0 Å². The Bertz CT molecular complexity index is 522. The fraction of sp³-hybridized carbons (Fsp3) is 0.636. The van der Waals surface area contributed by atoms with Crippen molar-refractivity contribution in [2.45, 2.75) is 37.2 Å². The number of furan rings is 1. The van der Waals surface area contributed by atoms with E-state index in [0.717, 1.165) is 12.8 Å². The molecule has 1 aromatic heterocycles. The summed E-state index contributed by atoms with van der Waals surface area (Å²) in [7, 11) is -1.74. The van der Waals surface area contributed by atoms with E-state index in [1.807, 2.05) is 6.92 Å². The third-order valence-corrected chi connectivity index (χ3v) is 5.43. The molecule has 2 rings (SSSR count). The van der Waals surface area contributed by atoms with Crippen LogP contribution in [0.15, 0.2) is 20.0 Å². The van der Waals surface area contributed by atoms with Crippen LogP contribution in [-0.4, -0.2) is 21.5 Å². The van der Waals surface area contributed by atoms with Crippen molar-refractivity contribution < 1.29 is 12.8 Å². The van der Waals surface area contributed by atoms with Crippen LogP contribution >= 0.6 is 15.9 Å². The van der Waals surface area contributed by atoms with E-state index in [-0.39, 0.29) is 15.6 Å². The van der Waals surface area contributed by atoms with Gasteiger partial charge in [-0.05, 0) is 48.7 Å². The van der Waals surface area contributed by atoms with Gasteiger partial charge in [-0.15, -0.1) is 0 Å². The van der Waals surface area contributed by atoms with Gasteiger partial charge < -0.3 is 9.73 Å². The van der Waals surface area contributed by atoms with Crippen LogP contribution in [0.4, 0.5) is 0 Å². The molecule has 1 aliphatic rings. The third-order valence-electron chi connectivity index (χ3n) is 3.02. The van der Waals surface area contributed by atoms with Crippen molar-refractivity contribution in [3.05, 3.63) is 16.5 Å². The number of halogens is 1. The molecule has 0 saturated heterocycles. The molecule has 102 valence electrons. The molecule has 1 aromatic rings. The summed E-state index contributed by atoms with van der Waals surface area (Å²) in [4.78, 5) is 0.167. The van der Waals surface area contributed by atoms with Crippen LogP contribution in [0.5, 0.6) is 0 Å². The molecule has 1 unspecified atom stereocenters. The van der Waals surface area contributed by atoms with Crippen molar-refractivity contribution in [2.75, 3.05) is 7.05 Å². The number of rotatable bonds is 6. The molecule has 0 bridgehead atoms. The summed E-state index contributed by atoms with van der Waals surface area (Å²) in [5.41, 5.74) is 0. The van der Waals surface area contributed by atoms with E-state index in [0.29, 0.717) is 18.2 Å². The predicted molar refractivity (Wildman–Crippen MR) is 71.7 cm³/mol. The molecule has 0 spiro atoms. The summed E-state index contributed by atoms with van der Waals surface area (Å²) in [6.07, 6.45) is 2.20. The molecule has 1 fully saturated rings. The smallest absolute Gasteiger partial charge is 0.245 e. The average Bonchev–Trinajstić information content (AvgIpc) is 3.03. The Morgan fingerprint density at radius 1 is 1.56 bits per heavy atom. The standard InChI is InChI=1S/C11H17BrN2O3S/c1-7(8-3-4-8)14-18(15,16)10-5-9(6-13-2)17-11(10)12/h5,7-8,13-14H,3-4,6H2,1-2H3. The molecule has 5 nitrogen and oxygen atoms in total. The summed E-state index contributed by atoms with van der Waals surface area (Å²) in [6, 6.07) is 1.52. The predicted octanol–water partition coefficient (Wildman–Crippen LogP) is 1.84. The molecule has 0 radical (unpaired) electrons. The highest BCUT2D eigenvalue weighted by Gasteiger charge is 2.32. The Hall–Kier alpha value is -0.370. The van der Waals surface area contributed by atoms with Crippen LogP contribution in [0.1, 0.15) is 25.5 Å². The van der Waals surface area contributed by atoms with Crippen LogP contribution in [0.2, 0.25) is 0 Å². The van der Waals surface area contributed by atoms with Crippen LogP contribution in [0, 0.1) is 5.92 Å². The van der Waals surface area contributed by atoms with Crippen molar-refractivity contribution in [1.29, 1.82) is 0 Å². The van der Waals surface area contributed by atoms with Gasteiger partial charge in [-0.3, -0.25) is 0 Å². The summed E-state index contributed by atoms with van der Waals surface area (Å²) in [5.74, 6) is 1.06. The molecule has 2 N–H and O–H groups in total. The fourth-order valence-corrected chi connectivity index (χ4v) is 4.15. The lowest BCUT2D eigenvalue weighted by atomic mass is 10.2. The minimum absolute atomic E-state index is 0.0236. The van der Waals surface area contributed by atoms with Gasteiger partial charge in [0.05, 0.1) is 6.54 Å². The first-order chi connectivity index (χ1) is 8.44. The monoisotopic (exact) mass is 336 g/mol. The quantitative estimate of drug-likeness (QED) is 0.831. The summed E-state index contributed by atoms with van der Waals surface area (Å²) in [6.45, 7) is 2.39. The van der Waals surface area contributed by atoms with E-state index in [9.17, 15) is 8.42 Å². The van der Waals surface area contributed by atoms with Crippen LogP contribution in [0.3, 0.4) is 0 Å². The van der Waals surface area contributed by atoms with Crippen LogP contribution in [-0.2, 0) is 16.6 Å². The number of hydrogen-bond acceptors (Lipinski definition) is 4. The van der Waals surface area contributed by atoms with E-state index in [1.54, 1.807) is 13.1 Å². The SMILES string of the molecule is CNCc1cc(S(=O)(=O)NC(C)C2CC2)c(Br)o1. The van der Waals surface area contributed by atoms with Crippen LogP contribution in [0.25, 0.3) is 0 Å². The highest BCUT2D eigenvalue weighted by molar-refractivity contribution is 9.10. The molecule has 0 aromatic carbocycles. The van der Waals surface area contributed by atoms with E-state index in [2.05, 4.69) is 26.0 Å². The second-order valence-electron chi connectivity index (χ2n) is 4.63. The van der Waals surface area contributed by atoms with Crippen LogP contribution < -0.4 is 10.0 Å². The second kappa shape index (κ2) is 5.32. The summed E-state index contributed by atoms with van der Waals surface area (Å²) in [5, 5.41) is 2.92. The molecule has 0 aliphatic heterocycles. The normalized spacial score (nSPS) is 17.9. The molecule has 1 atom stereocenters. The Morgan fingerprint density at radius 2 is 2.22 bits per heavy atom. The maximum Gasteiger partial charge on any atom is 0.245 e. The van der Waals surface area contributed by atoms with Gasteiger partial charge in [0, 0.05) is 12.1 Å². The van der Waals surface area contributed by atoms with E-state index in [1.165, 1.54) is 0 Å². The van der Waals surface area contributed by atoms with Gasteiger partial charge in [0.15, 0.2) is 4.67 Å². The van der Waals surface area contributed by atoms with Gasteiger partial charge >= 0.3 is 0 Å². The molecule has 1 aliphatic carbocycles. The number of nitrogens with one attached hydrogen (secondary N) is 2. The van der Waals surface area contributed by atoms with Crippen molar-refractivity contribution >= 4 is 26.0 Å². The Kier molecular flexibility index (Phi) is 4.15. The largest absolute Gasteiger partial charge is 0.452 e. The molecular weight excluding hydrogens is 320 g/mol. The molecule has 1 heterocycles. The molecule has 18 heavy (non-hydrogen) atoms. The van der Waals surface area contributed by atoms with E-state index < -0.39 is 10.0 Å². The van der Waals surface area contributed by atoms with Gasteiger partial charge in [0.2, 0.25) is 10.0 Å². The van der Waals surface area contributed by atoms with Crippen molar-refractivity contribution in [3.63, 3.8) is 0 Å². The lowest BCUT2D eigenvalue weighted by molar-refractivity contribution is 0.469. The zero-order chi connectivity index (χ0) is 13.3. The maximum atomic E-state index is 12.2. The second-order valence-corrected chi connectivity index (χ2v) is 7.03. The first-order valence-corrected chi connectivity index (χ1v) is 8.17. The van der Waals surface area contributed by atoms with Gasteiger partial charge in [-0.2, -0.15) is 0 Å². The first-order valence-electron chi connectivity index (χ1n) is 5.89. The Labute approximate surface area is 116 Å². The van der Waals surface area contributed by atoms with Gasteiger partial charge in [0.1, 0.15) is 10.7 Å². The fourth-order valence-electron chi connectivity index (χ4n) is 1.84. The van der Waals surface area contributed by atoms with Gasteiger partial charge in [-0.25, -0.2) is 13.1 Å². The highest BCUT2D eigenvalue weighted by atomic mass is 79.9. The number of sulfonamides is 1. The topological polar surface area (TPSA) is 71.3 Å². The van der Waals surface area contributed by atoms with Gasteiger partial charge in [0.25, 0.3) is 0 Å². The molecular formula is C11H17BrN2O3S. The maximum absolute atomic E-state index is 12.2. The van der Waals surface area contributed by atoms with E-state index in [4.69, 9.17) is 4.42 Å². The van der Waals surface area contributed by atoms with Crippen molar-refractivity contribution in [3.8, 4) is 0 Å². The average molecular weight is 337 g/mol. The summed E-state index contributed by atoms with van der Waals surface area (Å²) >= 11 is 3.15. The molecule has 1 saturated carbocycles. The molecule has 7 heteroatoms. The Balaban J connectivity index is 2.17. The molecule has 0 amide bonds. The zero-order valence-corrected chi connectivity index (χ0v) is 12.8. The summed E-state index contributed by atoms with van der Waals surface area (Å²) < 4.78 is 32.7. The Morgan fingerprint density at radius 3 is 2.78 bits per heavy atom. The number of hydrogen-bond donors (Lipinski definition) is 2. The zero-order valence-electron chi connectivity index (χ0n) is 10.4. The van der Waals surface area contributed by atoms with Crippen molar-refractivity contribution in [2.24, 2.45) is 5.92 Å². The first kappa shape index (κ1) is 14.0. The van der Waals surface area contributed by atoms with E-state index >= 15 is 0 Å². The minimum atomic E-state index is -3.51. The lowest BCUT2D eigenvalue weighted by Gasteiger charge is -2.12. The highest BCUT2D eigenvalue weighted by Crippen LogP contribution is 2.34. The third kappa shape index (κ3) is 3.14. The lowest BCUT2D eigenvalue weighted by Crippen LogP contribution is -2.34. The van der Waals surface area contributed by atoms with Gasteiger partial charge in [-0.1, -0.05) is 0 Å². The minimum Gasteiger partial charge on any atom is -0.452 e.